The molecule has 6 nitrogen and oxygen atoms in total. The van der Waals surface area contributed by atoms with Crippen molar-refractivity contribution in [3.05, 3.63) is 59.1 Å². The van der Waals surface area contributed by atoms with Crippen molar-refractivity contribution in [3.63, 3.8) is 0 Å². The number of fused-ring (bicyclic) bond motifs is 1. The molecule has 3 heterocycles. The summed E-state index contributed by atoms with van der Waals surface area (Å²) in [6.07, 6.45) is -3.24. The van der Waals surface area contributed by atoms with Crippen LogP contribution < -0.4 is 5.73 Å². The molecule has 0 atom stereocenters. The number of hydrogen-bond acceptors (Lipinski definition) is 5. The van der Waals surface area contributed by atoms with Crippen LogP contribution in [0, 0.1) is 6.92 Å². The predicted octanol–water partition coefficient (Wildman–Crippen LogP) is 4.42. The van der Waals surface area contributed by atoms with E-state index in [1.807, 2.05) is 0 Å². The average molecular weight is 405 g/mol. The monoisotopic (exact) mass is 404 g/mol. The van der Waals surface area contributed by atoms with E-state index in [1.54, 1.807) is 24.3 Å². The third kappa shape index (κ3) is 3.13. The van der Waals surface area contributed by atoms with E-state index in [-0.39, 0.29) is 22.9 Å². The fraction of sp³-hybridized carbons (Fsp3) is 0.111. The van der Waals surface area contributed by atoms with E-state index in [0.29, 0.717) is 21.8 Å². The summed E-state index contributed by atoms with van der Waals surface area (Å²) < 4.78 is 41.3. The van der Waals surface area contributed by atoms with Gasteiger partial charge in [-0.1, -0.05) is 23.7 Å². The van der Waals surface area contributed by atoms with Gasteiger partial charge in [0.15, 0.2) is 5.65 Å². The Kier molecular flexibility index (Phi) is 4.19. The number of rotatable bonds is 2. The van der Waals surface area contributed by atoms with Crippen molar-refractivity contribution in [1.29, 1.82) is 0 Å². The minimum Gasteiger partial charge on any atom is -0.369 e. The van der Waals surface area contributed by atoms with Crippen molar-refractivity contribution in [1.82, 2.24) is 24.6 Å². The Hall–Kier alpha value is -3.20. The van der Waals surface area contributed by atoms with Crippen molar-refractivity contribution in [2.75, 3.05) is 5.73 Å². The quantitative estimate of drug-likeness (QED) is 0.535. The Morgan fingerprint density at radius 3 is 2.43 bits per heavy atom. The van der Waals surface area contributed by atoms with Crippen LogP contribution in [0.1, 0.15) is 11.4 Å². The first kappa shape index (κ1) is 18.2. The summed E-state index contributed by atoms with van der Waals surface area (Å²) in [4.78, 5) is 7.99. The number of nitrogen functional groups attached to an aromatic ring is 1. The van der Waals surface area contributed by atoms with Gasteiger partial charge in [-0.25, -0.2) is 9.97 Å². The predicted molar refractivity (Wildman–Crippen MR) is 98.6 cm³/mol. The number of benzene rings is 1. The fourth-order valence-electron chi connectivity index (χ4n) is 2.94. The van der Waals surface area contributed by atoms with Gasteiger partial charge in [0.1, 0.15) is 12.0 Å². The van der Waals surface area contributed by atoms with Crippen LogP contribution in [0.15, 0.2) is 42.7 Å². The van der Waals surface area contributed by atoms with Crippen LogP contribution in [0.25, 0.3) is 28.0 Å². The number of pyridine rings is 1. The highest BCUT2D eigenvalue weighted by atomic mass is 35.5. The molecule has 0 saturated heterocycles. The second-order valence-electron chi connectivity index (χ2n) is 6.11. The van der Waals surface area contributed by atoms with Crippen LogP contribution in [-0.2, 0) is 6.18 Å². The topological polar surface area (TPSA) is 82.0 Å². The van der Waals surface area contributed by atoms with Crippen molar-refractivity contribution >= 4 is 23.2 Å². The van der Waals surface area contributed by atoms with Crippen LogP contribution in [0.2, 0.25) is 5.02 Å². The first-order valence-electron chi connectivity index (χ1n) is 8.05. The van der Waals surface area contributed by atoms with E-state index in [1.165, 1.54) is 23.7 Å². The van der Waals surface area contributed by atoms with Crippen LogP contribution in [0.4, 0.5) is 19.1 Å². The summed E-state index contributed by atoms with van der Waals surface area (Å²) in [5.74, 6) is 0.107. The standard InChI is InChI=1S/C18H12ClF3N6/c1-9-6-11(7-13(25-9)18(20,21)22)14-15(10-2-4-12(19)5-3-10)26-17(23)28-8-24-27-16(14)28/h2-8H,1H3,(H2,23,26). The summed E-state index contributed by atoms with van der Waals surface area (Å²) in [5.41, 5.74) is 7.11. The molecule has 0 radical (unpaired) electrons. The second kappa shape index (κ2) is 6.45. The molecule has 4 rings (SSSR count). The van der Waals surface area contributed by atoms with Gasteiger partial charge in [-0.05, 0) is 36.8 Å². The number of aromatic nitrogens is 5. The van der Waals surface area contributed by atoms with Gasteiger partial charge in [0.25, 0.3) is 0 Å². The molecule has 0 saturated carbocycles. The summed E-state index contributed by atoms with van der Waals surface area (Å²) in [5, 5.41) is 8.39. The van der Waals surface area contributed by atoms with E-state index in [4.69, 9.17) is 17.3 Å². The summed E-state index contributed by atoms with van der Waals surface area (Å²) in [6.45, 7) is 1.49. The normalized spacial score (nSPS) is 11.9. The highest BCUT2D eigenvalue weighted by Gasteiger charge is 2.33. The lowest BCUT2D eigenvalue weighted by Crippen LogP contribution is -2.10. The number of hydrogen-bond donors (Lipinski definition) is 1. The molecule has 0 unspecified atom stereocenters. The lowest BCUT2D eigenvalue weighted by Gasteiger charge is -2.14. The second-order valence-corrected chi connectivity index (χ2v) is 6.54. The Morgan fingerprint density at radius 1 is 1.04 bits per heavy atom. The lowest BCUT2D eigenvalue weighted by atomic mass is 9.99. The number of nitrogens with zero attached hydrogens (tertiary/aromatic N) is 5. The third-order valence-corrected chi connectivity index (χ3v) is 4.38. The molecule has 0 aliphatic rings. The molecule has 3 aromatic heterocycles. The Balaban J connectivity index is 2.07. The van der Waals surface area contributed by atoms with E-state index in [9.17, 15) is 13.2 Å². The molecular weight excluding hydrogens is 393 g/mol. The maximum atomic E-state index is 13.3. The van der Waals surface area contributed by atoms with Crippen LogP contribution in [-0.4, -0.2) is 24.6 Å². The zero-order chi connectivity index (χ0) is 20.1. The molecule has 28 heavy (non-hydrogen) atoms. The molecule has 0 bridgehead atoms. The van der Waals surface area contributed by atoms with Gasteiger partial charge in [-0.3, -0.25) is 4.40 Å². The number of alkyl halides is 3. The van der Waals surface area contributed by atoms with Crippen molar-refractivity contribution < 1.29 is 13.2 Å². The maximum Gasteiger partial charge on any atom is 0.433 e. The van der Waals surface area contributed by atoms with Gasteiger partial charge >= 0.3 is 6.18 Å². The zero-order valence-corrected chi connectivity index (χ0v) is 15.1. The van der Waals surface area contributed by atoms with Crippen molar-refractivity contribution in [3.8, 4) is 22.4 Å². The number of halogens is 4. The molecule has 0 fully saturated rings. The minimum atomic E-state index is -4.59. The highest BCUT2D eigenvalue weighted by molar-refractivity contribution is 6.30. The molecule has 0 aliphatic heterocycles. The van der Waals surface area contributed by atoms with E-state index < -0.39 is 11.9 Å². The molecule has 142 valence electrons. The Bertz CT molecular complexity index is 1180. The average Bonchev–Trinajstić information content (AvgIpc) is 3.11. The molecule has 10 heteroatoms. The first-order chi connectivity index (χ1) is 13.2. The molecule has 2 N–H and O–H groups in total. The van der Waals surface area contributed by atoms with Gasteiger partial charge < -0.3 is 5.73 Å². The molecule has 1 aromatic carbocycles. The van der Waals surface area contributed by atoms with Crippen LogP contribution >= 0.6 is 11.6 Å². The maximum absolute atomic E-state index is 13.3. The van der Waals surface area contributed by atoms with Crippen LogP contribution in [0.5, 0.6) is 0 Å². The van der Waals surface area contributed by atoms with E-state index in [0.717, 1.165) is 6.07 Å². The first-order valence-corrected chi connectivity index (χ1v) is 8.43. The highest BCUT2D eigenvalue weighted by Crippen LogP contribution is 2.37. The number of nitrogens with two attached hydrogens (primary N) is 1. The molecule has 0 aliphatic carbocycles. The van der Waals surface area contributed by atoms with Gasteiger partial charge in [0.05, 0.1) is 11.3 Å². The third-order valence-electron chi connectivity index (χ3n) is 4.13. The fourth-order valence-corrected chi connectivity index (χ4v) is 3.07. The zero-order valence-electron chi connectivity index (χ0n) is 14.4. The van der Waals surface area contributed by atoms with E-state index >= 15 is 0 Å². The largest absolute Gasteiger partial charge is 0.433 e. The molecule has 4 aromatic rings. The van der Waals surface area contributed by atoms with Gasteiger partial charge in [-0.15, -0.1) is 10.2 Å². The number of aryl methyl sites for hydroxylation is 1. The lowest BCUT2D eigenvalue weighted by molar-refractivity contribution is -0.141. The summed E-state index contributed by atoms with van der Waals surface area (Å²) in [7, 11) is 0. The van der Waals surface area contributed by atoms with Gasteiger partial charge in [0.2, 0.25) is 5.95 Å². The Labute approximate surface area is 161 Å². The molecular formula is C18H12ClF3N6. The summed E-state index contributed by atoms with van der Waals surface area (Å²) in [6, 6.07) is 9.24. The minimum absolute atomic E-state index is 0.107. The van der Waals surface area contributed by atoms with Gasteiger partial charge in [-0.2, -0.15) is 13.2 Å². The number of anilines is 1. The SMILES string of the molecule is Cc1cc(-c2c(-c3ccc(Cl)cc3)nc(N)n3cnnc23)cc(C(F)(F)F)n1. The van der Waals surface area contributed by atoms with Crippen LogP contribution in [0.3, 0.4) is 0 Å². The van der Waals surface area contributed by atoms with Gasteiger partial charge in [0, 0.05) is 16.3 Å². The Morgan fingerprint density at radius 2 is 1.75 bits per heavy atom. The summed E-state index contributed by atoms with van der Waals surface area (Å²) >= 11 is 5.95. The smallest absolute Gasteiger partial charge is 0.369 e. The molecule has 0 spiro atoms. The van der Waals surface area contributed by atoms with Crippen molar-refractivity contribution in [2.45, 2.75) is 13.1 Å². The van der Waals surface area contributed by atoms with E-state index in [2.05, 4.69) is 20.2 Å². The molecule has 0 amide bonds. The van der Waals surface area contributed by atoms with Crippen molar-refractivity contribution in [2.24, 2.45) is 0 Å².